The quantitative estimate of drug-likeness (QED) is 0.565. The first-order chi connectivity index (χ1) is 12.6. The molecule has 0 radical (unpaired) electrons. The lowest BCUT2D eigenvalue weighted by Crippen LogP contribution is -2.38. The van der Waals surface area contributed by atoms with Gasteiger partial charge in [0, 0.05) is 33.1 Å². The molecule has 0 saturated carbocycles. The van der Waals surface area contributed by atoms with Crippen LogP contribution in [0.4, 0.5) is 0 Å². The zero-order chi connectivity index (χ0) is 18.9. The number of hydrogen-bond acceptors (Lipinski definition) is 5. The number of methoxy groups -OCH3 is 1. The minimum atomic E-state index is 0.0223. The average Bonchev–Trinajstić information content (AvgIpc) is 3.10. The van der Waals surface area contributed by atoms with E-state index in [-0.39, 0.29) is 6.10 Å². The maximum absolute atomic E-state index is 5.55. The highest BCUT2D eigenvalue weighted by Gasteiger charge is 2.12. The van der Waals surface area contributed by atoms with Gasteiger partial charge in [-0.3, -0.25) is 4.99 Å². The Labute approximate surface area is 159 Å². The number of guanidine groups is 1. The van der Waals surface area contributed by atoms with E-state index in [9.17, 15) is 0 Å². The van der Waals surface area contributed by atoms with Gasteiger partial charge in [0.1, 0.15) is 16.9 Å². The summed E-state index contributed by atoms with van der Waals surface area (Å²) >= 11 is 1.62. The number of thiazole rings is 1. The van der Waals surface area contributed by atoms with Gasteiger partial charge >= 0.3 is 0 Å². The van der Waals surface area contributed by atoms with Crippen LogP contribution < -0.4 is 10.1 Å². The van der Waals surface area contributed by atoms with Gasteiger partial charge < -0.3 is 19.7 Å². The fourth-order valence-electron chi connectivity index (χ4n) is 2.48. The van der Waals surface area contributed by atoms with Crippen molar-refractivity contribution in [3.8, 4) is 5.75 Å². The molecule has 1 aromatic carbocycles. The summed E-state index contributed by atoms with van der Waals surface area (Å²) in [5, 5.41) is 6.45. The minimum absolute atomic E-state index is 0.0223. The molecule has 1 N–H and O–H groups in total. The third kappa shape index (κ3) is 5.71. The molecule has 1 heterocycles. The van der Waals surface area contributed by atoms with Gasteiger partial charge in [-0.1, -0.05) is 12.1 Å². The van der Waals surface area contributed by atoms with Crippen molar-refractivity contribution in [3.05, 3.63) is 45.9 Å². The molecule has 26 heavy (non-hydrogen) atoms. The lowest BCUT2D eigenvalue weighted by molar-refractivity contribution is 0.119. The van der Waals surface area contributed by atoms with Crippen molar-refractivity contribution in [2.75, 3.05) is 27.8 Å². The van der Waals surface area contributed by atoms with Crippen LogP contribution in [-0.4, -0.2) is 43.7 Å². The topological polar surface area (TPSA) is 59.0 Å². The van der Waals surface area contributed by atoms with Crippen molar-refractivity contribution in [1.29, 1.82) is 0 Å². The number of ether oxygens (including phenoxy) is 2. The van der Waals surface area contributed by atoms with E-state index in [1.807, 2.05) is 39.1 Å². The molecule has 2 aromatic rings. The van der Waals surface area contributed by atoms with Gasteiger partial charge in [-0.25, -0.2) is 4.98 Å². The first kappa shape index (κ1) is 20.2. The predicted octanol–water partition coefficient (Wildman–Crippen LogP) is 3.46. The average molecular weight is 377 g/mol. The van der Waals surface area contributed by atoms with E-state index in [0.717, 1.165) is 28.0 Å². The van der Waals surface area contributed by atoms with Crippen molar-refractivity contribution in [2.45, 2.75) is 33.0 Å². The van der Waals surface area contributed by atoms with E-state index in [0.29, 0.717) is 19.7 Å². The molecular formula is C19H28N4O2S. The Morgan fingerprint density at radius 3 is 2.92 bits per heavy atom. The molecule has 1 atom stereocenters. The van der Waals surface area contributed by atoms with Crippen LogP contribution in [0.25, 0.3) is 0 Å². The van der Waals surface area contributed by atoms with Crippen LogP contribution in [0.15, 0.2) is 34.6 Å². The monoisotopic (exact) mass is 376 g/mol. The lowest BCUT2D eigenvalue weighted by Gasteiger charge is -2.21. The number of nitrogens with zero attached hydrogens (tertiary/aromatic N) is 3. The minimum Gasteiger partial charge on any atom is -0.494 e. The van der Waals surface area contributed by atoms with E-state index in [4.69, 9.17) is 9.47 Å². The van der Waals surface area contributed by atoms with E-state index in [1.165, 1.54) is 0 Å². The van der Waals surface area contributed by atoms with Gasteiger partial charge in [0.25, 0.3) is 0 Å². The highest BCUT2D eigenvalue weighted by Crippen LogP contribution is 2.21. The van der Waals surface area contributed by atoms with Crippen molar-refractivity contribution < 1.29 is 9.47 Å². The number of nitrogens with one attached hydrogen (secondary N) is 1. The largest absolute Gasteiger partial charge is 0.494 e. The first-order valence-corrected chi connectivity index (χ1v) is 9.56. The Morgan fingerprint density at radius 2 is 2.23 bits per heavy atom. The Kier molecular flexibility index (Phi) is 7.87. The fraction of sp³-hybridized carbons (Fsp3) is 0.474. The second-order valence-electron chi connectivity index (χ2n) is 5.89. The van der Waals surface area contributed by atoms with Gasteiger partial charge in [-0.05, 0) is 31.5 Å². The van der Waals surface area contributed by atoms with E-state index >= 15 is 0 Å². The molecule has 7 heteroatoms. The molecule has 6 nitrogen and oxygen atoms in total. The van der Waals surface area contributed by atoms with Crippen LogP contribution in [0.5, 0.6) is 5.75 Å². The molecule has 1 unspecified atom stereocenters. The van der Waals surface area contributed by atoms with Crippen LogP contribution in [0.2, 0.25) is 0 Å². The van der Waals surface area contributed by atoms with Crippen LogP contribution >= 0.6 is 11.3 Å². The Balaban J connectivity index is 1.93. The lowest BCUT2D eigenvalue weighted by atomic mass is 10.2. The zero-order valence-corrected chi connectivity index (χ0v) is 17.0. The Bertz CT molecular complexity index is 717. The van der Waals surface area contributed by atoms with E-state index in [1.54, 1.807) is 25.5 Å². The summed E-state index contributed by atoms with van der Waals surface area (Å²) in [6, 6.07) is 8.08. The van der Waals surface area contributed by atoms with Gasteiger partial charge in [-0.2, -0.15) is 0 Å². The second kappa shape index (κ2) is 10.1. The second-order valence-corrected chi connectivity index (χ2v) is 6.78. The SMILES string of the molecule is CCOc1cccc(CNC(=NC)N(C)Cc2csc(C(C)OC)n2)c1. The summed E-state index contributed by atoms with van der Waals surface area (Å²) in [5.74, 6) is 1.71. The summed E-state index contributed by atoms with van der Waals surface area (Å²) in [6.45, 7) is 6.02. The predicted molar refractivity (Wildman–Crippen MR) is 107 cm³/mol. The fourth-order valence-corrected chi connectivity index (χ4v) is 3.32. The standard InChI is InChI=1S/C19H28N4O2S/c1-6-25-17-9-7-8-15(10-17)11-21-19(20-3)23(4)12-16-13-26-18(22-16)14(2)24-5/h7-10,13-14H,6,11-12H2,1-5H3,(H,20,21). The molecule has 0 aliphatic carbocycles. The molecule has 0 spiro atoms. The Hall–Kier alpha value is -2.12. The molecule has 0 fully saturated rings. The van der Waals surface area contributed by atoms with Crippen LogP contribution in [0.1, 0.15) is 36.2 Å². The van der Waals surface area contributed by atoms with E-state index in [2.05, 4.69) is 31.6 Å². The van der Waals surface area contributed by atoms with Gasteiger partial charge in [0.2, 0.25) is 0 Å². The highest BCUT2D eigenvalue weighted by atomic mass is 32.1. The first-order valence-electron chi connectivity index (χ1n) is 8.68. The third-order valence-corrected chi connectivity index (χ3v) is 4.96. The number of rotatable bonds is 8. The van der Waals surface area contributed by atoms with E-state index < -0.39 is 0 Å². The van der Waals surface area contributed by atoms with Crippen LogP contribution in [0.3, 0.4) is 0 Å². The van der Waals surface area contributed by atoms with Crippen LogP contribution in [-0.2, 0) is 17.8 Å². The molecule has 0 aliphatic heterocycles. The highest BCUT2D eigenvalue weighted by molar-refractivity contribution is 7.09. The molecule has 1 aromatic heterocycles. The van der Waals surface area contributed by atoms with Crippen molar-refractivity contribution in [2.24, 2.45) is 4.99 Å². The zero-order valence-electron chi connectivity index (χ0n) is 16.2. The van der Waals surface area contributed by atoms with Crippen molar-refractivity contribution in [1.82, 2.24) is 15.2 Å². The van der Waals surface area contributed by atoms with Crippen molar-refractivity contribution >= 4 is 17.3 Å². The normalized spacial score (nSPS) is 12.7. The molecule has 2 rings (SSSR count). The molecular weight excluding hydrogens is 348 g/mol. The third-order valence-electron chi connectivity index (χ3n) is 3.90. The number of aromatic nitrogens is 1. The summed E-state index contributed by atoms with van der Waals surface area (Å²) in [7, 11) is 5.49. The summed E-state index contributed by atoms with van der Waals surface area (Å²) in [4.78, 5) is 11.1. The van der Waals surface area contributed by atoms with Gasteiger partial charge in [-0.15, -0.1) is 11.3 Å². The summed E-state index contributed by atoms with van der Waals surface area (Å²) in [5.41, 5.74) is 2.16. The maximum atomic E-state index is 5.55. The molecule has 0 bridgehead atoms. The number of aliphatic imine (C=N–C) groups is 1. The summed E-state index contributed by atoms with van der Waals surface area (Å²) in [6.07, 6.45) is 0.0223. The number of benzene rings is 1. The molecule has 0 aliphatic rings. The van der Waals surface area contributed by atoms with Gasteiger partial charge in [0.15, 0.2) is 5.96 Å². The summed E-state index contributed by atoms with van der Waals surface area (Å²) < 4.78 is 10.9. The molecule has 0 amide bonds. The molecule has 142 valence electrons. The molecule has 0 saturated heterocycles. The maximum Gasteiger partial charge on any atom is 0.194 e. The number of hydrogen-bond donors (Lipinski definition) is 1. The van der Waals surface area contributed by atoms with Gasteiger partial charge in [0.05, 0.1) is 18.8 Å². The van der Waals surface area contributed by atoms with Crippen LogP contribution in [0, 0.1) is 0 Å². The Morgan fingerprint density at radius 1 is 1.42 bits per heavy atom. The smallest absolute Gasteiger partial charge is 0.194 e. The van der Waals surface area contributed by atoms with Crippen molar-refractivity contribution in [3.63, 3.8) is 0 Å².